The van der Waals surface area contributed by atoms with Gasteiger partial charge in [-0.1, -0.05) is 0 Å². The van der Waals surface area contributed by atoms with Crippen molar-refractivity contribution in [2.24, 2.45) is 0 Å². The molecule has 0 heterocycles. The number of nitrogens with zero attached hydrogens (tertiary/aromatic N) is 4. The van der Waals surface area contributed by atoms with Crippen LogP contribution in [0.4, 0.5) is 0 Å². The van der Waals surface area contributed by atoms with Gasteiger partial charge >= 0.3 is 0 Å². The van der Waals surface area contributed by atoms with Crippen molar-refractivity contribution in [1.82, 2.24) is 0 Å². The van der Waals surface area contributed by atoms with Gasteiger partial charge in [-0.15, -0.1) is 40.5 Å². The Balaban J connectivity index is -0.0000000369. The molecule has 0 aromatic rings. The van der Waals surface area contributed by atoms with Gasteiger partial charge < -0.3 is 20.8 Å². The van der Waals surface area contributed by atoms with Crippen molar-refractivity contribution in [3.05, 3.63) is 40.5 Å². The minimum absolute atomic E-state index is 0. The van der Waals surface area contributed by atoms with E-state index in [-0.39, 0.29) is 39.9 Å². The van der Waals surface area contributed by atoms with Crippen molar-refractivity contribution < 1.29 is 81.1 Å². The van der Waals surface area contributed by atoms with E-state index in [9.17, 15) is 0 Å². The Morgan fingerprint density at radius 3 is 0.529 bits per heavy atom. The van der Waals surface area contributed by atoms with E-state index in [1.807, 2.05) is 0 Å². The molecule has 0 spiro atoms. The van der Waals surface area contributed by atoms with Gasteiger partial charge in [-0.3, -0.25) is 0 Å². The quantitative estimate of drug-likeness (QED) is 0.229. The van der Waals surface area contributed by atoms with Gasteiger partial charge in [0.25, 0.3) is 20.3 Å². The molecule has 0 fully saturated rings. The summed E-state index contributed by atoms with van der Waals surface area (Å²) in [5.74, 6) is 0. The Hall–Kier alpha value is -1.88. The predicted octanol–water partition coefficient (Wildman–Crippen LogP) is -1.39. The second kappa shape index (κ2) is 23.7. The summed E-state index contributed by atoms with van der Waals surface area (Å²) in [6.45, 7) is 0. The molecular weight excluding hydrogens is 480 g/mol. The molecule has 0 aromatic carbocycles. The molecule has 0 amide bonds. The summed E-state index contributed by atoms with van der Waals surface area (Å²) in [5.41, 5.74) is 0. The molecule has 0 radical (unpaired) electrons. The Bertz CT molecular complexity index is 159. The Morgan fingerprint density at radius 1 is 0.529 bits per heavy atom. The fraction of sp³-hybridized carbons (Fsp3) is 0. The Labute approximate surface area is 121 Å². The molecule has 0 aliphatic carbocycles. The predicted molar refractivity (Wildman–Crippen MR) is 35.1 cm³/mol. The molecule has 0 aliphatic heterocycles. The first-order chi connectivity index (χ1) is 6.93. The van der Waals surface area contributed by atoms with E-state index < -0.39 is 20.3 Å². The molecule has 0 atom stereocenters. The molecule has 0 rings (SSSR count). The molecule has 0 saturated heterocycles. The average Bonchev–Trinajstić information content (AvgIpc) is 1.76. The van der Waals surface area contributed by atoms with Crippen LogP contribution in [-0.2, 0) is 0 Å². The van der Waals surface area contributed by atoms with Crippen LogP contribution in [0, 0.1) is 80.4 Å². The first-order valence-electron chi connectivity index (χ1n) is 2.26. The standard InChI is InChI=1S/4HNO3.Th/c4*2-1(3)4;/h4*(H,2,3,4);. The zero-order valence-corrected chi connectivity index (χ0v) is 11.5. The van der Waals surface area contributed by atoms with Crippen molar-refractivity contribution >= 4 is 0 Å². The van der Waals surface area contributed by atoms with E-state index in [2.05, 4.69) is 0 Å². The maximum absolute atomic E-state index is 8.36. The molecule has 0 aliphatic rings. The molecule has 17 heavy (non-hydrogen) atoms. The zero-order valence-electron chi connectivity index (χ0n) is 7.34. The van der Waals surface area contributed by atoms with Crippen LogP contribution in [-0.4, -0.2) is 41.2 Å². The second-order valence-electron chi connectivity index (χ2n) is 0.951. The Kier molecular flexibility index (Phi) is 41.1. The summed E-state index contributed by atoms with van der Waals surface area (Å²) in [4.78, 5) is 33.4. The van der Waals surface area contributed by atoms with Gasteiger partial charge in [0.1, 0.15) is 0 Å². The van der Waals surface area contributed by atoms with Gasteiger partial charge in [-0.2, -0.15) is 0 Å². The van der Waals surface area contributed by atoms with Gasteiger partial charge in [0.2, 0.25) is 0 Å². The van der Waals surface area contributed by atoms with Crippen LogP contribution >= 0.6 is 0 Å². The van der Waals surface area contributed by atoms with Gasteiger partial charge in [0.05, 0.1) is 0 Å². The average molecular weight is 484 g/mol. The summed E-state index contributed by atoms with van der Waals surface area (Å²) in [7, 11) is 0. The molecular formula is H4N4O12Th. The zero-order chi connectivity index (χ0) is 14.3. The molecule has 100 valence electrons. The van der Waals surface area contributed by atoms with Crippen LogP contribution in [0.5, 0.6) is 0 Å². The monoisotopic (exact) mass is 484 g/mol. The van der Waals surface area contributed by atoms with Crippen molar-refractivity contribution in [2.45, 2.75) is 0 Å². The molecule has 4 N–H and O–H groups in total. The number of hydrogen-bond acceptors (Lipinski definition) is 8. The molecule has 0 aromatic heterocycles. The van der Waals surface area contributed by atoms with Gasteiger partial charge in [0, 0.05) is 39.9 Å². The topological polar surface area (TPSA) is 253 Å². The second-order valence-corrected chi connectivity index (χ2v) is 0.951. The maximum atomic E-state index is 8.36. The van der Waals surface area contributed by atoms with E-state index in [0.717, 1.165) is 0 Å². The van der Waals surface area contributed by atoms with Crippen LogP contribution in [0.1, 0.15) is 0 Å². The van der Waals surface area contributed by atoms with Crippen LogP contribution < -0.4 is 0 Å². The molecule has 0 saturated carbocycles. The molecule has 17 heteroatoms. The number of hydrogen-bond donors (Lipinski definition) is 4. The van der Waals surface area contributed by atoms with Gasteiger partial charge in [-0.05, 0) is 0 Å². The van der Waals surface area contributed by atoms with Crippen LogP contribution in [0.15, 0.2) is 0 Å². The fourth-order valence-electron chi connectivity index (χ4n) is 0. The summed E-state index contributed by atoms with van der Waals surface area (Å²) >= 11 is 0. The minimum Gasteiger partial charge on any atom is -0.328 e. The summed E-state index contributed by atoms with van der Waals surface area (Å²) in [5, 5.41) is 54.6. The van der Waals surface area contributed by atoms with Crippen molar-refractivity contribution in [3.8, 4) is 0 Å². The molecule has 16 nitrogen and oxygen atoms in total. The Morgan fingerprint density at radius 2 is 0.529 bits per heavy atom. The van der Waals surface area contributed by atoms with Crippen molar-refractivity contribution in [1.29, 1.82) is 0 Å². The molecule has 0 bridgehead atoms. The van der Waals surface area contributed by atoms with Crippen LogP contribution in [0.2, 0.25) is 0 Å². The summed E-state index contributed by atoms with van der Waals surface area (Å²) in [6.07, 6.45) is 0. The SMILES string of the molecule is O=[N+]([O-])O.O=[N+]([O-])O.O=[N+]([O-])O.O=[N+]([O-])O.[Th]. The van der Waals surface area contributed by atoms with Crippen molar-refractivity contribution in [3.63, 3.8) is 0 Å². The maximum Gasteiger partial charge on any atom is 0.291 e. The first kappa shape index (κ1) is 29.4. The minimum atomic E-state index is -1.50. The largest absolute Gasteiger partial charge is 0.328 e. The third-order valence-electron chi connectivity index (χ3n) is 0. The normalized spacial score (nSPS) is 5.65. The van der Waals surface area contributed by atoms with E-state index in [4.69, 9.17) is 61.3 Å². The molecule has 0 unspecified atom stereocenters. The fourth-order valence-corrected chi connectivity index (χ4v) is 0. The van der Waals surface area contributed by atoms with Crippen molar-refractivity contribution in [2.75, 3.05) is 0 Å². The van der Waals surface area contributed by atoms with E-state index in [0.29, 0.717) is 0 Å². The first-order valence-corrected chi connectivity index (χ1v) is 2.26. The smallest absolute Gasteiger partial charge is 0.291 e. The van der Waals surface area contributed by atoms with Crippen LogP contribution in [0.25, 0.3) is 0 Å². The van der Waals surface area contributed by atoms with Gasteiger partial charge in [0.15, 0.2) is 0 Å². The van der Waals surface area contributed by atoms with E-state index in [1.54, 1.807) is 0 Å². The van der Waals surface area contributed by atoms with Crippen LogP contribution in [0.3, 0.4) is 0 Å². The van der Waals surface area contributed by atoms with Gasteiger partial charge in [-0.25, -0.2) is 0 Å². The van der Waals surface area contributed by atoms with E-state index >= 15 is 0 Å². The summed E-state index contributed by atoms with van der Waals surface area (Å²) < 4.78 is 0. The third-order valence-corrected chi connectivity index (χ3v) is 0. The number of rotatable bonds is 0. The van der Waals surface area contributed by atoms with E-state index in [1.165, 1.54) is 0 Å². The summed E-state index contributed by atoms with van der Waals surface area (Å²) in [6, 6.07) is 0. The third kappa shape index (κ3) is 590.